The summed E-state index contributed by atoms with van der Waals surface area (Å²) in [5, 5.41) is 8.35. The average Bonchev–Trinajstić information content (AvgIpc) is 2.50. The Bertz CT molecular complexity index is 218. The molecule has 0 N–H and O–H groups in total. The van der Waals surface area contributed by atoms with Gasteiger partial charge in [0.25, 0.3) is 6.33 Å². The number of hydrogen-bond acceptors (Lipinski definition) is 2. The molecule has 0 bridgehead atoms. The van der Waals surface area contributed by atoms with Crippen LogP contribution in [-0.2, 0) is 6.54 Å². The quantitative estimate of drug-likeness (QED) is 0.598. The molecule has 0 aliphatic rings. The van der Waals surface area contributed by atoms with E-state index in [1.807, 2.05) is 4.68 Å². The van der Waals surface area contributed by atoms with Gasteiger partial charge in [0.2, 0.25) is 0 Å². The smallest absolute Gasteiger partial charge is 0.140 e. The number of hydrogen-bond donors (Lipinski definition) is 0. The molecule has 1 heterocycles. The first-order valence-corrected chi connectivity index (χ1v) is 4.09. The summed E-state index contributed by atoms with van der Waals surface area (Å²) in [5.41, 5.74) is 0. The first kappa shape index (κ1) is 8.17. The molecule has 1 aromatic rings. The molecule has 4 heteroatoms. The summed E-state index contributed by atoms with van der Waals surface area (Å²) < 4.78 is 1.83. The standard InChI is InChI=1S/C7H15N4/c1-4-7(3)11-8-6-10(5-2)9-11/h6-7H,4-5H2,1-3H3/q+1. The molecule has 11 heavy (non-hydrogen) atoms. The first-order chi connectivity index (χ1) is 5.27. The van der Waals surface area contributed by atoms with Crippen molar-refractivity contribution in [3.8, 4) is 0 Å². The van der Waals surface area contributed by atoms with Crippen molar-refractivity contribution in [2.75, 3.05) is 0 Å². The number of rotatable bonds is 3. The second kappa shape index (κ2) is 3.46. The van der Waals surface area contributed by atoms with Crippen molar-refractivity contribution in [2.45, 2.75) is 39.8 Å². The highest BCUT2D eigenvalue weighted by Gasteiger charge is 2.12. The van der Waals surface area contributed by atoms with Crippen LogP contribution in [0.4, 0.5) is 0 Å². The van der Waals surface area contributed by atoms with Crippen molar-refractivity contribution < 1.29 is 4.68 Å². The van der Waals surface area contributed by atoms with Crippen LogP contribution in [0.2, 0.25) is 0 Å². The highest BCUT2D eigenvalue weighted by molar-refractivity contribution is 4.47. The van der Waals surface area contributed by atoms with Crippen LogP contribution in [0.15, 0.2) is 6.33 Å². The Morgan fingerprint density at radius 3 is 2.73 bits per heavy atom. The minimum Gasteiger partial charge on any atom is -0.140 e. The van der Waals surface area contributed by atoms with E-state index in [1.54, 1.807) is 11.1 Å². The van der Waals surface area contributed by atoms with Gasteiger partial charge in [-0.25, -0.2) is 0 Å². The highest BCUT2D eigenvalue weighted by Crippen LogP contribution is 2.02. The minimum atomic E-state index is 0.405. The minimum absolute atomic E-state index is 0.405. The van der Waals surface area contributed by atoms with E-state index in [9.17, 15) is 0 Å². The molecule has 1 aromatic heterocycles. The average molecular weight is 155 g/mol. The summed E-state index contributed by atoms with van der Waals surface area (Å²) in [6.07, 6.45) is 2.82. The van der Waals surface area contributed by atoms with Crippen molar-refractivity contribution in [2.24, 2.45) is 0 Å². The van der Waals surface area contributed by atoms with Gasteiger partial charge in [-0.15, -0.1) is 4.68 Å². The van der Waals surface area contributed by atoms with Crippen molar-refractivity contribution in [1.82, 2.24) is 15.1 Å². The van der Waals surface area contributed by atoms with Gasteiger partial charge in [0, 0.05) is 0 Å². The lowest BCUT2D eigenvalue weighted by Crippen LogP contribution is -2.34. The van der Waals surface area contributed by atoms with Gasteiger partial charge in [0.05, 0.1) is 16.9 Å². The second-order valence-corrected chi connectivity index (χ2v) is 2.65. The van der Waals surface area contributed by atoms with Crippen LogP contribution in [0.3, 0.4) is 0 Å². The molecular formula is C7H15N4+. The molecule has 0 radical (unpaired) electrons. The Morgan fingerprint density at radius 1 is 1.55 bits per heavy atom. The molecule has 0 spiro atoms. The van der Waals surface area contributed by atoms with E-state index in [2.05, 4.69) is 31.1 Å². The Morgan fingerprint density at radius 2 is 2.27 bits per heavy atom. The zero-order chi connectivity index (χ0) is 8.27. The van der Waals surface area contributed by atoms with Crippen LogP contribution in [0.1, 0.15) is 33.2 Å². The van der Waals surface area contributed by atoms with Crippen LogP contribution in [-0.4, -0.2) is 15.1 Å². The molecule has 0 saturated heterocycles. The molecule has 4 nitrogen and oxygen atoms in total. The van der Waals surface area contributed by atoms with Gasteiger partial charge in [0.1, 0.15) is 6.04 Å². The van der Waals surface area contributed by atoms with Gasteiger partial charge in [0.15, 0.2) is 0 Å². The Balaban J connectivity index is 2.71. The fraction of sp³-hybridized carbons (Fsp3) is 0.857. The lowest BCUT2D eigenvalue weighted by molar-refractivity contribution is -0.753. The molecule has 62 valence electrons. The molecule has 0 fully saturated rings. The van der Waals surface area contributed by atoms with Crippen LogP contribution in [0.5, 0.6) is 0 Å². The number of nitrogens with zero attached hydrogens (tertiary/aromatic N) is 4. The summed E-state index contributed by atoms with van der Waals surface area (Å²) in [7, 11) is 0. The SMILES string of the molecule is CCC(C)n1nc[n+](CC)n1. The molecular weight excluding hydrogens is 140 g/mol. The topological polar surface area (TPSA) is 34.6 Å². The maximum absolute atomic E-state index is 4.22. The molecule has 1 unspecified atom stereocenters. The summed E-state index contributed by atoms with van der Waals surface area (Å²) in [5.74, 6) is 0. The van der Waals surface area contributed by atoms with Crippen molar-refractivity contribution in [3.63, 3.8) is 0 Å². The van der Waals surface area contributed by atoms with E-state index in [1.165, 1.54) is 0 Å². The predicted molar refractivity (Wildman–Crippen MR) is 40.9 cm³/mol. The summed E-state index contributed by atoms with van der Waals surface area (Å²) in [4.78, 5) is 1.75. The van der Waals surface area contributed by atoms with Gasteiger partial charge in [-0.2, -0.15) is 0 Å². The number of aryl methyl sites for hydroxylation is 1. The fourth-order valence-electron chi connectivity index (χ4n) is 0.787. The van der Waals surface area contributed by atoms with E-state index >= 15 is 0 Å². The molecule has 0 amide bonds. The van der Waals surface area contributed by atoms with Crippen LogP contribution < -0.4 is 4.68 Å². The molecule has 1 atom stereocenters. The maximum atomic E-state index is 4.22. The Kier molecular flexibility index (Phi) is 2.57. The fourth-order valence-corrected chi connectivity index (χ4v) is 0.787. The van der Waals surface area contributed by atoms with E-state index in [-0.39, 0.29) is 0 Å². The number of tetrazole rings is 1. The third-order valence-corrected chi connectivity index (χ3v) is 1.82. The van der Waals surface area contributed by atoms with E-state index < -0.39 is 0 Å². The third kappa shape index (κ3) is 1.76. The van der Waals surface area contributed by atoms with Crippen LogP contribution in [0, 0.1) is 0 Å². The van der Waals surface area contributed by atoms with E-state index in [4.69, 9.17) is 0 Å². The van der Waals surface area contributed by atoms with Gasteiger partial charge in [-0.05, 0) is 25.1 Å². The molecule has 0 aromatic carbocycles. The van der Waals surface area contributed by atoms with E-state index in [0.29, 0.717) is 6.04 Å². The zero-order valence-corrected chi connectivity index (χ0v) is 7.36. The zero-order valence-electron chi connectivity index (χ0n) is 7.36. The Labute approximate surface area is 66.8 Å². The van der Waals surface area contributed by atoms with E-state index in [0.717, 1.165) is 13.0 Å². The van der Waals surface area contributed by atoms with Crippen molar-refractivity contribution in [3.05, 3.63) is 6.33 Å². The summed E-state index contributed by atoms with van der Waals surface area (Å²) in [6, 6.07) is 0.405. The Hall–Kier alpha value is -0.930. The summed E-state index contributed by atoms with van der Waals surface area (Å²) in [6.45, 7) is 7.18. The van der Waals surface area contributed by atoms with Crippen LogP contribution in [0.25, 0.3) is 0 Å². The maximum Gasteiger partial charge on any atom is 0.286 e. The lowest BCUT2D eigenvalue weighted by Gasteiger charge is -1.96. The van der Waals surface area contributed by atoms with Crippen molar-refractivity contribution in [1.29, 1.82) is 0 Å². The van der Waals surface area contributed by atoms with Gasteiger partial charge in [-0.3, -0.25) is 0 Å². The van der Waals surface area contributed by atoms with Gasteiger partial charge < -0.3 is 0 Å². The lowest BCUT2D eigenvalue weighted by atomic mass is 10.3. The van der Waals surface area contributed by atoms with Gasteiger partial charge >= 0.3 is 0 Å². The number of aromatic nitrogens is 4. The monoisotopic (exact) mass is 155 g/mol. The van der Waals surface area contributed by atoms with Crippen molar-refractivity contribution >= 4 is 0 Å². The molecule has 0 saturated carbocycles. The van der Waals surface area contributed by atoms with Crippen LogP contribution >= 0.6 is 0 Å². The molecule has 1 rings (SSSR count). The summed E-state index contributed by atoms with van der Waals surface area (Å²) >= 11 is 0. The second-order valence-electron chi connectivity index (χ2n) is 2.65. The molecule has 0 aliphatic heterocycles. The van der Waals surface area contributed by atoms with Gasteiger partial charge in [-0.1, -0.05) is 6.92 Å². The predicted octanol–water partition coefficient (Wildman–Crippen LogP) is 0.556. The third-order valence-electron chi connectivity index (χ3n) is 1.82. The largest absolute Gasteiger partial charge is 0.286 e. The first-order valence-electron chi connectivity index (χ1n) is 4.09. The molecule has 0 aliphatic carbocycles. The highest BCUT2D eigenvalue weighted by atomic mass is 15.6. The normalized spacial score (nSPS) is 13.4.